The second kappa shape index (κ2) is 9.48. The van der Waals surface area contributed by atoms with Gasteiger partial charge in [0.25, 0.3) is 0 Å². The smallest absolute Gasteiger partial charge is 0.221 e. The summed E-state index contributed by atoms with van der Waals surface area (Å²) < 4.78 is 5.14. The van der Waals surface area contributed by atoms with Crippen LogP contribution in [0.3, 0.4) is 0 Å². The minimum absolute atomic E-state index is 0.00698. The van der Waals surface area contributed by atoms with Gasteiger partial charge >= 0.3 is 0 Å². The minimum atomic E-state index is -0.775. The number of carbonyl (C=O) groups is 1. The van der Waals surface area contributed by atoms with Crippen LogP contribution >= 0.6 is 0 Å². The van der Waals surface area contributed by atoms with Gasteiger partial charge in [-0.2, -0.15) is 0 Å². The summed E-state index contributed by atoms with van der Waals surface area (Å²) in [7, 11) is 2.04. The SMILES string of the molecule is CNC1(c2ccccc2)CCC2(CC1)CN(CCC(=O)NC1COC1)C(O)N2CC1(O)CCC1. The van der Waals surface area contributed by atoms with Crippen LogP contribution in [0.1, 0.15) is 56.9 Å². The number of aliphatic hydroxyl groups excluding tert-OH is 1. The van der Waals surface area contributed by atoms with E-state index in [0.29, 0.717) is 32.7 Å². The number of carbonyl (C=O) groups excluding carboxylic acids is 1. The molecule has 8 nitrogen and oxygen atoms in total. The standard InChI is InChI=1S/C26H40N4O4/c1-27-26(20-6-3-2-4-7-20)13-11-24(12-14-26)18-29(15-8-22(31)28-21-16-34-17-21)23(32)30(24)19-25(33)9-5-10-25/h2-4,6-7,21,23,27,32-33H,5,8-19H2,1H3,(H,28,31). The van der Waals surface area contributed by atoms with E-state index in [1.807, 2.05) is 11.9 Å². The van der Waals surface area contributed by atoms with Crippen molar-refractivity contribution in [3.8, 4) is 0 Å². The Morgan fingerprint density at radius 1 is 1.12 bits per heavy atom. The van der Waals surface area contributed by atoms with Gasteiger partial charge in [-0.1, -0.05) is 30.3 Å². The van der Waals surface area contributed by atoms with Gasteiger partial charge in [0.15, 0.2) is 6.35 Å². The Morgan fingerprint density at radius 3 is 2.38 bits per heavy atom. The van der Waals surface area contributed by atoms with Crippen LogP contribution in [-0.4, -0.2) is 89.3 Å². The normalized spacial score (nSPS) is 34.0. The molecule has 1 amide bonds. The van der Waals surface area contributed by atoms with Gasteiger partial charge in [0.1, 0.15) is 0 Å². The second-order valence-electron chi connectivity index (χ2n) is 11.0. The molecule has 4 fully saturated rings. The van der Waals surface area contributed by atoms with Crippen LogP contribution in [-0.2, 0) is 15.1 Å². The van der Waals surface area contributed by atoms with Gasteiger partial charge in [-0.15, -0.1) is 0 Å². The van der Waals surface area contributed by atoms with E-state index in [2.05, 4.69) is 45.9 Å². The number of hydrogen-bond donors (Lipinski definition) is 4. The Labute approximate surface area is 202 Å². The summed E-state index contributed by atoms with van der Waals surface area (Å²) in [6.45, 7) is 2.89. The zero-order valence-corrected chi connectivity index (χ0v) is 20.3. The van der Waals surface area contributed by atoms with Crippen LogP contribution in [0.2, 0.25) is 0 Å². The summed E-state index contributed by atoms with van der Waals surface area (Å²) >= 11 is 0. The van der Waals surface area contributed by atoms with Crippen molar-refractivity contribution in [3.63, 3.8) is 0 Å². The molecule has 2 aliphatic heterocycles. The van der Waals surface area contributed by atoms with E-state index >= 15 is 0 Å². The molecular weight excluding hydrogens is 432 g/mol. The molecule has 2 aliphatic carbocycles. The lowest BCUT2D eigenvalue weighted by atomic mass is 9.68. The molecule has 0 radical (unpaired) electrons. The van der Waals surface area contributed by atoms with Crippen LogP contribution in [0.5, 0.6) is 0 Å². The first kappa shape index (κ1) is 24.2. The van der Waals surface area contributed by atoms with Gasteiger partial charge in [0.2, 0.25) is 5.91 Å². The molecule has 34 heavy (non-hydrogen) atoms. The van der Waals surface area contributed by atoms with E-state index in [9.17, 15) is 15.0 Å². The molecule has 2 heterocycles. The predicted octanol–water partition coefficient (Wildman–Crippen LogP) is 1.13. The Kier molecular flexibility index (Phi) is 6.74. The summed E-state index contributed by atoms with van der Waals surface area (Å²) in [5, 5.41) is 29.0. The lowest BCUT2D eigenvalue weighted by Gasteiger charge is -2.51. The van der Waals surface area contributed by atoms with Crippen molar-refractivity contribution in [2.45, 2.75) is 80.4 Å². The van der Waals surface area contributed by atoms with Gasteiger partial charge in [-0.25, -0.2) is 0 Å². The predicted molar refractivity (Wildman–Crippen MR) is 129 cm³/mol. The number of nitrogens with one attached hydrogen (secondary N) is 2. The summed E-state index contributed by atoms with van der Waals surface area (Å²) in [6, 6.07) is 10.8. The zero-order chi connectivity index (χ0) is 23.8. The number of β-amino-alcohol motifs (C(OH)–C–C–N with tert-alkyl or cyclic N) is 1. The molecule has 4 aliphatic rings. The quantitative estimate of drug-likeness (QED) is 0.450. The number of nitrogens with zero attached hydrogens (tertiary/aromatic N) is 2. The molecule has 1 atom stereocenters. The number of hydrogen-bond acceptors (Lipinski definition) is 7. The Hall–Kier alpha value is -1.55. The lowest BCUT2D eigenvalue weighted by Crippen LogP contribution is -2.60. The van der Waals surface area contributed by atoms with E-state index in [-0.39, 0.29) is 23.0 Å². The number of benzene rings is 1. The highest BCUT2D eigenvalue weighted by molar-refractivity contribution is 5.76. The summed E-state index contributed by atoms with van der Waals surface area (Å²) in [4.78, 5) is 16.6. The van der Waals surface area contributed by atoms with Crippen molar-refractivity contribution in [2.24, 2.45) is 0 Å². The fourth-order valence-corrected chi connectivity index (χ4v) is 6.39. The second-order valence-corrected chi connectivity index (χ2v) is 11.0. The topological polar surface area (TPSA) is 97.3 Å². The fraction of sp³-hybridized carbons (Fsp3) is 0.731. The highest BCUT2D eigenvalue weighted by Crippen LogP contribution is 2.48. The maximum absolute atomic E-state index is 12.4. The van der Waals surface area contributed by atoms with Gasteiger partial charge < -0.3 is 25.6 Å². The third-order valence-electron chi connectivity index (χ3n) is 8.93. The van der Waals surface area contributed by atoms with Crippen LogP contribution < -0.4 is 10.6 Å². The molecular formula is C26H40N4O4. The van der Waals surface area contributed by atoms with Crippen LogP contribution in [0.4, 0.5) is 0 Å². The minimum Gasteiger partial charge on any atom is -0.389 e. The first-order chi connectivity index (χ1) is 16.4. The van der Waals surface area contributed by atoms with E-state index in [4.69, 9.17) is 4.74 Å². The summed E-state index contributed by atoms with van der Waals surface area (Å²) in [6.07, 6.45) is 5.99. The molecule has 5 rings (SSSR count). The van der Waals surface area contributed by atoms with Gasteiger partial charge in [0, 0.05) is 37.1 Å². The van der Waals surface area contributed by atoms with Crippen molar-refractivity contribution in [2.75, 3.05) is 39.9 Å². The summed E-state index contributed by atoms with van der Waals surface area (Å²) in [5.41, 5.74) is 0.332. The third kappa shape index (κ3) is 4.52. The molecule has 2 saturated carbocycles. The third-order valence-corrected chi connectivity index (χ3v) is 8.93. The lowest BCUT2D eigenvalue weighted by molar-refractivity contribution is -0.143. The van der Waals surface area contributed by atoms with Crippen LogP contribution in [0.15, 0.2) is 30.3 Å². The van der Waals surface area contributed by atoms with Crippen LogP contribution in [0.25, 0.3) is 0 Å². The molecule has 0 aromatic heterocycles. The number of ether oxygens (including phenoxy) is 1. The number of rotatable bonds is 8. The van der Waals surface area contributed by atoms with E-state index in [0.717, 1.165) is 51.5 Å². The Bertz CT molecular complexity index is 850. The first-order valence-electron chi connectivity index (χ1n) is 12.9. The number of amides is 1. The zero-order valence-electron chi connectivity index (χ0n) is 20.3. The van der Waals surface area contributed by atoms with Gasteiger partial charge in [-0.05, 0) is 57.6 Å². The maximum Gasteiger partial charge on any atom is 0.221 e. The molecule has 1 aromatic carbocycles. The average Bonchev–Trinajstić information content (AvgIpc) is 3.06. The Balaban J connectivity index is 1.30. The molecule has 4 N–H and O–H groups in total. The molecule has 1 aromatic rings. The summed E-state index contributed by atoms with van der Waals surface area (Å²) in [5.74, 6) is 0.00698. The molecule has 0 bridgehead atoms. The molecule has 8 heteroatoms. The highest BCUT2D eigenvalue weighted by atomic mass is 16.5. The van der Waals surface area contributed by atoms with Crippen molar-refractivity contribution in [3.05, 3.63) is 35.9 Å². The van der Waals surface area contributed by atoms with Crippen LogP contribution in [0, 0.1) is 0 Å². The fourth-order valence-electron chi connectivity index (χ4n) is 6.39. The highest BCUT2D eigenvalue weighted by Gasteiger charge is 2.55. The monoisotopic (exact) mass is 472 g/mol. The first-order valence-corrected chi connectivity index (χ1v) is 12.9. The average molecular weight is 473 g/mol. The maximum atomic E-state index is 12.4. The molecule has 188 valence electrons. The van der Waals surface area contributed by atoms with Crippen molar-refractivity contribution in [1.29, 1.82) is 0 Å². The molecule has 1 spiro atoms. The van der Waals surface area contributed by atoms with E-state index in [1.54, 1.807) is 0 Å². The van der Waals surface area contributed by atoms with Gasteiger partial charge in [-0.3, -0.25) is 14.6 Å². The molecule has 2 saturated heterocycles. The van der Waals surface area contributed by atoms with E-state index < -0.39 is 12.0 Å². The van der Waals surface area contributed by atoms with Crippen molar-refractivity contribution in [1.82, 2.24) is 20.4 Å². The van der Waals surface area contributed by atoms with Crippen molar-refractivity contribution < 1.29 is 19.7 Å². The van der Waals surface area contributed by atoms with Gasteiger partial charge in [0.05, 0.1) is 24.9 Å². The largest absolute Gasteiger partial charge is 0.389 e. The molecule has 1 unspecified atom stereocenters. The number of aliphatic hydroxyl groups is 2. The van der Waals surface area contributed by atoms with Crippen molar-refractivity contribution >= 4 is 5.91 Å². The Morgan fingerprint density at radius 2 is 1.82 bits per heavy atom. The van der Waals surface area contributed by atoms with E-state index in [1.165, 1.54) is 5.56 Å².